The molecule has 1 atom stereocenters. The van der Waals surface area contributed by atoms with E-state index in [-0.39, 0.29) is 30.4 Å². The molecule has 0 aliphatic heterocycles. The van der Waals surface area contributed by atoms with E-state index >= 15 is 0 Å². The number of carbonyl (C=O) groups excluding carboxylic acids is 3. The predicted octanol–water partition coefficient (Wildman–Crippen LogP) is -0.612. The Labute approximate surface area is 83.0 Å². The van der Waals surface area contributed by atoms with Crippen molar-refractivity contribution in [2.24, 2.45) is 5.73 Å². The second kappa shape index (κ2) is 6.26. The van der Waals surface area contributed by atoms with Crippen LogP contribution in [-0.4, -0.2) is 30.1 Å². The maximum atomic E-state index is 11.0. The average molecular weight is 200 g/mol. The quantitative estimate of drug-likeness (QED) is 0.598. The predicted molar refractivity (Wildman–Crippen MR) is 51.6 cm³/mol. The summed E-state index contributed by atoms with van der Waals surface area (Å²) in [5.41, 5.74) is 5.09. The van der Waals surface area contributed by atoms with Gasteiger partial charge in [-0.05, 0) is 20.3 Å². The Hall–Kier alpha value is -1.23. The van der Waals surface area contributed by atoms with E-state index in [1.54, 1.807) is 0 Å². The van der Waals surface area contributed by atoms with Crippen LogP contribution in [0.5, 0.6) is 0 Å². The average Bonchev–Trinajstić information content (AvgIpc) is 2.10. The molecule has 14 heavy (non-hydrogen) atoms. The summed E-state index contributed by atoms with van der Waals surface area (Å²) < 4.78 is 0. The number of ketones is 2. The van der Waals surface area contributed by atoms with Crippen LogP contribution in [0.1, 0.15) is 26.7 Å². The van der Waals surface area contributed by atoms with Gasteiger partial charge in [-0.3, -0.25) is 9.59 Å². The van der Waals surface area contributed by atoms with Crippen LogP contribution in [0.15, 0.2) is 0 Å². The first-order valence-corrected chi connectivity index (χ1v) is 4.46. The molecule has 5 nitrogen and oxygen atoms in total. The van der Waals surface area contributed by atoms with Gasteiger partial charge in [0.1, 0.15) is 5.78 Å². The minimum atomic E-state index is -0.588. The maximum absolute atomic E-state index is 11.0. The SMILES string of the molecule is CC(=O)CC[C@H](NC(=O)CN)C(C)=O. The van der Waals surface area contributed by atoms with Crippen LogP contribution < -0.4 is 11.1 Å². The van der Waals surface area contributed by atoms with E-state index in [2.05, 4.69) is 5.32 Å². The van der Waals surface area contributed by atoms with Crippen LogP contribution in [0.3, 0.4) is 0 Å². The van der Waals surface area contributed by atoms with E-state index in [4.69, 9.17) is 5.73 Å². The number of hydrogen-bond donors (Lipinski definition) is 2. The van der Waals surface area contributed by atoms with Crippen molar-refractivity contribution in [3.8, 4) is 0 Å². The van der Waals surface area contributed by atoms with E-state index in [0.29, 0.717) is 6.42 Å². The standard InChI is InChI=1S/C9H16N2O3/c1-6(12)3-4-8(7(2)13)11-9(14)5-10/h8H,3-5,10H2,1-2H3,(H,11,14)/t8-/m0/s1. The monoisotopic (exact) mass is 200 g/mol. The van der Waals surface area contributed by atoms with Gasteiger partial charge >= 0.3 is 0 Å². The van der Waals surface area contributed by atoms with Gasteiger partial charge in [-0.2, -0.15) is 0 Å². The lowest BCUT2D eigenvalue weighted by Crippen LogP contribution is -2.42. The molecular formula is C9H16N2O3. The number of nitrogens with two attached hydrogens (primary N) is 1. The first kappa shape index (κ1) is 12.8. The number of nitrogens with one attached hydrogen (secondary N) is 1. The van der Waals surface area contributed by atoms with Crippen molar-refractivity contribution in [1.29, 1.82) is 0 Å². The molecule has 0 unspecified atom stereocenters. The molecule has 0 rings (SSSR count). The van der Waals surface area contributed by atoms with E-state index < -0.39 is 6.04 Å². The zero-order chi connectivity index (χ0) is 11.1. The summed E-state index contributed by atoms with van der Waals surface area (Å²) in [6.45, 7) is 2.67. The van der Waals surface area contributed by atoms with Gasteiger partial charge in [-0.1, -0.05) is 0 Å². The first-order valence-electron chi connectivity index (χ1n) is 4.46. The molecule has 0 aliphatic rings. The fourth-order valence-corrected chi connectivity index (χ4v) is 0.978. The van der Waals surface area contributed by atoms with E-state index in [1.807, 2.05) is 0 Å². The Morgan fingerprint density at radius 1 is 1.29 bits per heavy atom. The first-order chi connectivity index (χ1) is 6.47. The highest BCUT2D eigenvalue weighted by molar-refractivity contribution is 5.88. The highest BCUT2D eigenvalue weighted by Gasteiger charge is 2.16. The number of amides is 1. The molecule has 1 amide bonds. The molecule has 0 saturated heterocycles. The van der Waals surface area contributed by atoms with E-state index in [9.17, 15) is 14.4 Å². The van der Waals surface area contributed by atoms with Crippen molar-refractivity contribution < 1.29 is 14.4 Å². The third-order valence-corrected chi connectivity index (χ3v) is 1.80. The zero-order valence-electron chi connectivity index (χ0n) is 8.50. The highest BCUT2D eigenvalue weighted by Crippen LogP contribution is 1.99. The summed E-state index contributed by atoms with van der Waals surface area (Å²) in [6, 6.07) is -0.588. The van der Waals surface area contributed by atoms with Gasteiger partial charge in [0.15, 0.2) is 5.78 Å². The Kier molecular flexibility index (Phi) is 5.71. The summed E-state index contributed by atoms with van der Waals surface area (Å²) in [7, 11) is 0. The largest absolute Gasteiger partial charge is 0.345 e. The van der Waals surface area contributed by atoms with Crippen LogP contribution in [0, 0.1) is 0 Å². The van der Waals surface area contributed by atoms with Crippen LogP contribution in [0.25, 0.3) is 0 Å². The summed E-state index contributed by atoms with van der Waals surface area (Å²) >= 11 is 0. The summed E-state index contributed by atoms with van der Waals surface area (Å²) in [6.07, 6.45) is 0.630. The molecule has 0 spiro atoms. The van der Waals surface area contributed by atoms with Crippen molar-refractivity contribution in [3.63, 3.8) is 0 Å². The van der Waals surface area contributed by atoms with E-state index in [0.717, 1.165) is 0 Å². The molecule has 0 aliphatic carbocycles. The van der Waals surface area contributed by atoms with Crippen LogP contribution in [0.4, 0.5) is 0 Å². The number of Topliss-reactive ketones (excluding diaryl/α,β-unsaturated/α-hetero) is 2. The lowest BCUT2D eigenvalue weighted by atomic mass is 10.1. The van der Waals surface area contributed by atoms with Crippen LogP contribution in [0.2, 0.25) is 0 Å². The molecule has 0 aromatic heterocycles. The number of carbonyl (C=O) groups is 3. The van der Waals surface area contributed by atoms with Crippen LogP contribution >= 0.6 is 0 Å². The van der Waals surface area contributed by atoms with Crippen molar-refractivity contribution in [3.05, 3.63) is 0 Å². The van der Waals surface area contributed by atoms with Gasteiger partial charge in [0.2, 0.25) is 5.91 Å². The van der Waals surface area contributed by atoms with Gasteiger partial charge in [0.25, 0.3) is 0 Å². The van der Waals surface area contributed by atoms with Gasteiger partial charge in [0.05, 0.1) is 12.6 Å². The lowest BCUT2D eigenvalue weighted by molar-refractivity contribution is -0.126. The second-order valence-electron chi connectivity index (χ2n) is 3.18. The molecule has 0 bridgehead atoms. The van der Waals surface area contributed by atoms with Crippen LogP contribution in [-0.2, 0) is 14.4 Å². The topological polar surface area (TPSA) is 89.3 Å². The van der Waals surface area contributed by atoms with Crippen molar-refractivity contribution in [2.75, 3.05) is 6.54 Å². The lowest BCUT2D eigenvalue weighted by Gasteiger charge is -2.14. The highest BCUT2D eigenvalue weighted by atomic mass is 16.2. The fourth-order valence-electron chi connectivity index (χ4n) is 0.978. The van der Waals surface area contributed by atoms with Gasteiger partial charge < -0.3 is 15.8 Å². The van der Waals surface area contributed by atoms with Crippen molar-refractivity contribution in [1.82, 2.24) is 5.32 Å². The van der Waals surface area contributed by atoms with Gasteiger partial charge in [-0.15, -0.1) is 0 Å². The molecule has 0 fully saturated rings. The summed E-state index contributed by atoms with van der Waals surface area (Å²) in [5.74, 6) is -0.542. The number of hydrogen-bond acceptors (Lipinski definition) is 4. The Bertz CT molecular complexity index is 238. The maximum Gasteiger partial charge on any atom is 0.234 e. The molecule has 3 N–H and O–H groups in total. The molecule has 0 heterocycles. The molecule has 0 saturated carbocycles. The minimum Gasteiger partial charge on any atom is -0.345 e. The van der Waals surface area contributed by atoms with Crippen molar-refractivity contribution >= 4 is 17.5 Å². The fraction of sp³-hybridized carbons (Fsp3) is 0.667. The molecular weight excluding hydrogens is 184 g/mol. The molecule has 0 radical (unpaired) electrons. The second-order valence-corrected chi connectivity index (χ2v) is 3.18. The third kappa shape index (κ3) is 5.42. The smallest absolute Gasteiger partial charge is 0.234 e. The van der Waals surface area contributed by atoms with Crippen molar-refractivity contribution in [2.45, 2.75) is 32.7 Å². The van der Waals surface area contributed by atoms with E-state index in [1.165, 1.54) is 13.8 Å². The van der Waals surface area contributed by atoms with Gasteiger partial charge in [0, 0.05) is 6.42 Å². The molecule has 0 aromatic carbocycles. The minimum absolute atomic E-state index is 0.00162. The molecule has 5 heteroatoms. The third-order valence-electron chi connectivity index (χ3n) is 1.80. The summed E-state index contributed by atoms with van der Waals surface area (Å²) in [5, 5.41) is 2.46. The zero-order valence-corrected chi connectivity index (χ0v) is 8.50. The summed E-state index contributed by atoms with van der Waals surface area (Å²) in [4.78, 5) is 32.6. The molecule has 80 valence electrons. The Morgan fingerprint density at radius 3 is 2.21 bits per heavy atom. The normalized spacial score (nSPS) is 11.9. The Morgan fingerprint density at radius 2 is 1.86 bits per heavy atom. The number of rotatable bonds is 6. The Balaban J connectivity index is 4.09. The molecule has 0 aromatic rings. The van der Waals surface area contributed by atoms with Gasteiger partial charge in [-0.25, -0.2) is 0 Å².